The molecule has 5 heteroatoms. The van der Waals surface area contributed by atoms with Gasteiger partial charge in [0, 0.05) is 29.2 Å². The molecule has 0 aromatic heterocycles. The van der Waals surface area contributed by atoms with Crippen LogP contribution in [0.25, 0.3) is 0 Å². The third-order valence-corrected chi connectivity index (χ3v) is 6.88. The van der Waals surface area contributed by atoms with E-state index in [1.807, 2.05) is 18.2 Å². The van der Waals surface area contributed by atoms with Gasteiger partial charge in [0.1, 0.15) is 5.75 Å². The molecule has 1 heterocycles. The molecule has 1 N–H and O–H groups in total. The molecule has 1 fully saturated rings. The van der Waals surface area contributed by atoms with Crippen LogP contribution in [0.3, 0.4) is 0 Å². The Kier molecular flexibility index (Phi) is 6.08. The Labute approximate surface area is 194 Å². The monoisotopic (exact) mass is 444 g/mol. The van der Waals surface area contributed by atoms with Gasteiger partial charge >= 0.3 is 0 Å². The molecule has 5 rings (SSSR count). The number of anilines is 2. The lowest BCUT2D eigenvalue weighted by atomic mass is 10.1. The fourth-order valence-corrected chi connectivity index (χ4v) is 4.59. The number of rotatable bonds is 6. The number of hydrogen-bond donors (Lipinski definition) is 1. The molecule has 1 aliphatic heterocycles. The highest BCUT2D eigenvalue weighted by molar-refractivity contribution is 7.98. The summed E-state index contributed by atoms with van der Waals surface area (Å²) in [7, 11) is 0. The minimum Gasteiger partial charge on any atom is -0.491 e. The van der Waals surface area contributed by atoms with Gasteiger partial charge < -0.3 is 15.0 Å². The number of ether oxygens (including phenoxy) is 1. The van der Waals surface area contributed by atoms with Gasteiger partial charge in [0.15, 0.2) is 0 Å². The van der Waals surface area contributed by atoms with E-state index in [2.05, 4.69) is 65.0 Å². The minimum atomic E-state index is -0.0862. The predicted molar refractivity (Wildman–Crippen MR) is 131 cm³/mol. The van der Waals surface area contributed by atoms with E-state index in [1.54, 1.807) is 11.8 Å². The first-order valence-electron chi connectivity index (χ1n) is 11.3. The van der Waals surface area contributed by atoms with E-state index in [0.29, 0.717) is 18.7 Å². The van der Waals surface area contributed by atoms with Crippen LogP contribution in [0.15, 0.2) is 71.6 Å². The zero-order chi connectivity index (χ0) is 21.9. The zero-order valence-corrected chi connectivity index (χ0v) is 19.2. The zero-order valence-electron chi connectivity index (χ0n) is 18.3. The minimum absolute atomic E-state index is 0.0862. The third-order valence-electron chi connectivity index (χ3n) is 6.14. The second-order valence-electron chi connectivity index (χ2n) is 8.44. The quantitative estimate of drug-likeness (QED) is 0.464. The predicted octanol–water partition coefficient (Wildman–Crippen LogP) is 6.14. The summed E-state index contributed by atoms with van der Waals surface area (Å²) in [5.74, 6) is 1.41. The molecule has 0 bridgehead atoms. The maximum absolute atomic E-state index is 12.8. The summed E-state index contributed by atoms with van der Waals surface area (Å²) in [6.07, 6.45) is 5.59. The van der Waals surface area contributed by atoms with Crippen molar-refractivity contribution >= 4 is 29.0 Å². The van der Waals surface area contributed by atoms with Crippen molar-refractivity contribution in [3.05, 3.63) is 83.4 Å². The van der Waals surface area contributed by atoms with E-state index < -0.39 is 0 Å². The summed E-state index contributed by atoms with van der Waals surface area (Å²) in [6, 6.07) is 22.9. The number of nitrogens with zero attached hydrogens (tertiary/aromatic N) is 1. The molecule has 0 unspecified atom stereocenters. The summed E-state index contributed by atoms with van der Waals surface area (Å²) in [5, 5.41) is 3.03. The molecular weight excluding hydrogens is 416 g/mol. The van der Waals surface area contributed by atoms with E-state index in [9.17, 15) is 4.79 Å². The van der Waals surface area contributed by atoms with Crippen LogP contribution in [0.2, 0.25) is 0 Å². The van der Waals surface area contributed by atoms with Gasteiger partial charge in [0.25, 0.3) is 5.91 Å². The van der Waals surface area contributed by atoms with Crippen molar-refractivity contribution in [3.8, 4) is 5.75 Å². The molecule has 32 heavy (non-hydrogen) atoms. The van der Waals surface area contributed by atoms with E-state index in [4.69, 9.17) is 4.74 Å². The Bertz CT molecular complexity index is 1110. The van der Waals surface area contributed by atoms with Crippen LogP contribution < -0.4 is 15.0 Å². The van der Waals surface area contributed by atoms with Gasteiger partial charge in [0.2, 0.25) is 0 Å². The van der Waals surface area contributed by atoms with Gasteiger partial charge in [-0.2, -0.15) is 0 Å². The average molecular weight is 445 g/mol. The first-order valence-corrected chi connectivity index (χ1v) is 12.5. The molecule has 4 nitrogen and oxygen atoms in total. The van der Waals surface area contributed by atoms with Crippen molar-refractivity contribution < 1.29 is 9.53 Å². The summed E-state index contributed by atoms with van der Waals surface area (Å²) in [5.41, 5.74) is 5.37. The summed E-state index contributed by atoms with van der Waals surface area (Å²) in [4.78, 5) is 16.3. The Balaban J connectivity index is 1.33. The largest absolute Gasteiger partial charge is 0.491 e. The molecule has 2 aliphatic rings. The molecule has 3 aromatic carbocycles. The molecule has 1 amide bonds. The van der Waals surface area contributed by atoms with Crippen molar-refractivity contribution in [3.63, 3.8) is 0 Å². The molecule has 0 saturated heterocycles. The van der Waals surface area contributed by atoms with Crippen LogP contribution in [-0.2, 0) is 6.54 Å². The highest BCUT2D eigenvalue weighted by Gasteiger charge is 2.25. The Hall–Kier alpha value is -2.92. The van der Waals surface area contributed by atoms with Crippen molar-refractivity contribution in [2.75, 3.05) is 24.3 Å². The van der Waals surface area contributed by atoms with E-state index in [1.165, 1.54) is 29.0 Å². The normalized spacial score (nSPS) is 15.5. The topological polar surface area (TPSA) is 41.6 Å². The SMILES string of the molecule is CSc1ccc(CNC(=O)c2ccc3c(c2)OCCCN3c2cccc(C3CC3)c2)cc1. The lowest BCUT2D eigenvalue weighted by Gasteiger charge is -2.25. The standard InChI is InChI=1S/C27H28N2O2S/c1-32-24-11-6-19(7-12-24)18-28-27(30)22-10-13-25-26(17-22)31-15-3-14-29(25)23-5-2-4-21(16-23)20-8-9-20/h2,4-7,10-13,16-17,20H,3,8-9,14-15,18H2,1H3,(H,28,30). The molecule has 0 atom stereocenters. The Morgan fingerprint density at radius 1 is 1.09 bits per heavy atom. The number of nitrogens with one attached hydrogen (secondary N) is 1. The Morgan fingerprint density at radius 3 is 2.72 bits per heavy atom. The van der Waals surface area contributed by atoms with Gasteiger partial charge in [-0.15, -0.1) is 11.8 Å². The first-order chi connectivity index (χ1) is 15.7. The first kappa shape index (κ1) is 21.0. The third kappa shape index (κ3) is 4.63. The van der Waals surface area contributed by atoms with Gasteiger partial charge in [-0.1, -0.05) is 24.3 Å². The number of hydrogen-bond acceptors (Lipinski definition) is 4. The van der Waals surface area contributed by atoms with Crippen LogP contribution >= 0.6 is 11.8 Å². The van der Waals surface area contributed by atoms with Crippen LogP contribution in [0, 0.1) is 0 Å². The van der Waals surface area contributed by atoms with Gasteiger partial charge in [0.05, 0.1) is 12.3 Å². The number of carbonyl (C=O) groups is 1. The van der Waals surface area contributed by atoms with Gasteiger partial charge in [-0.25, -0.2) is 0 Å². The van der Waals surface area contributed by atoms with Crippen LogP contribution in [0.5, 0.6) is 5.75 Å². The number of benzene rings is 3. The Morgan fingerprint density at radius 2 is 1.94 bits per heavy atom. The average Bonchev–Trinajstić information content (AvgIpc) is 3.70. The lowest BCUT2D eigenvalue weighted by molar-refractivity contribution is 0.0950. The van der Waals surface area contributed by atoms with Crippen molar-refractivity contribution in [1.29, 1.82) is 0 Å². The highest BCUT2D eigenvalue weighted by atomic mass is 32.2. The number of amides is 1. The van der Waals surface area contributed by atoms with E-state index >= 15 is 0 Å². The van der Waals surface area contributed by atoms with Gasteiger partial charge in [-0.05, 0) is 85.0 Å². The lowest BCUT2D eigenvalue weighted by Crippen LogP contribution is -2.23. The molecular formula is C27H28N2O2S. The number of carbonyl (C=O) groups excluding carboxylic acids is 1. The fraction of sp³-hybridized carbons (Fsp3) is 0.296. The van der Waals surface area contributed by atoms with Crippen molar-refractivity contribution in [1.82, 2.24) is 5.32 Å². The molecule has 0 spiro atoms. The van der Waals surface area contributed by atoms with Crippen molar-refractivity contribution in [2.45, 2.75) is 36.6 Å². The fourth-order valence-electron chi connectivity index (χ4n) is 4.18. The maximum Gasteiger partial charge on any atom is 0.251 e. The van der Waals surface area contributed by atoms with Crippen LogP contribution in [0.4, 0.5) is 11.4 Å². The van der Waals surface area contributed by atoms with Gasteiger partial charge in [-0.3, -0.25) is 4.79 Å². The molecule has 164 valence electrons. The number of thioether (sulfide) groups is 1. The second kappa shape index (κ2) is 9.29. The number of fused-ring (bicyclic) bond motifs is 1. The molecule has 0 radical (unpaired) electrons. The summed E-state index contributed by atoms with van der Waals surface area (Å²) >= 11 is 1.71. The van der Waals surface area contributed by atoms with E-state index in [0.717, 1.165) is 35.9 Å². The maximum atomic E-state index is 12.8. The molecule has 1 saturated carbocycles. The van der Waals surface area contributed by atoms with Crippen molar-refractivity contribution in [2.24, 2.45) is 0 Å². The molecule has 1 aliphatic carbocycles. The van der Waals surface area contributed by atoms with Crippen LogP contribution in [0.1, 0.15) is 46.7 Å². The summed E-state index contributed by atoms with van der Waals surface area (Å²) < 4.78 is 6.05. The molecule has 3 aromatic rings. The highest BCUT2D eigenvalue weighted by Crippen LogP contribution is 2.43. The second-order valence-corrected chi connectivity index (χ2v) is 9.32. The van der Waals surface area contributed by atoms with E-state index in [-0.39, 0.29) is 5.91 Å². The van der Waals surface area contributed by atoms with Crippen LogP contribution in [-0.4, -0.2) is 25.3 Å². The summed E-state index contributed by atoms with van der Waals surface area (Å²) in [6.45, 7) is 2.06. The smallest absolute Gasteiger partial charge is 0.251 e.